The highest BCUT2D eigenvalue weighted by Crippen LogP contribution is 2.49. The molecule has 3 aliphatic rings. The molecule has 216 valence electrons. The van der Waals surface area contributed by atoms with Gasteiger partial charge < -0.3 is 14.1 Å². The predicted molar refractivity (Wildman–Crippen MR) is 162 cm³/mol. The van der Waals surface area contributed by atoms with Gasteiger partial charge in [-0.2, -0.15) is 0 Å². The summed E-state index contributed by atoms with van der Waals surface area (Å²) in [5, 5.41) is 2.43. The van der Waals surface area contributed by atoms with Gasteiger partial charge in [0.25, 0.3) is 8.32 Å². The van der Waals surface area contributed by atoms with Crippen LogP contribution in [0.2, 0.25) is 5.04 Å². The molecule has 5 rings (SSSR count). The number of likely N-dealkylation sites (tertiary alicyclic amines) is 1. The highest BCUT2D eigenvalue weighted by Gasteiger charge is 2.56. The van der Waals surface area contributed by atoms with E-state index in [2.05, 4.69) is 100 Å². The molecule has 0 N–H and O–H groups in total. The second-order valence-corrected chi connectivity index (χ2v) is 18.3. The van der Waals surface area contributed by atoms with E-state index in [1.165, 1.54) is 23.9 Å². The van der Waals surface area contributed by atoms with Crippen molar-refractivity contribution in [3.05, 3.63) is 60.7 Å². The van der Waals surface area contributed by atoms with Crippen molar-refractivity contribution in [1.29, 1.82) is 0 Å². The van der Waals surface area contributed by atoms with E-state index in [0.717, 1.165) is 32.2 Å². The number of amides is 1. The maximum absolute atomic E-state index is 14.1. The Morgan fingerprint density at radius 2 is 1.48 bits per heavy atom. The molecule has 40 heavy (non-hydrogen) atoms. The zero-order chi connectivity index (χ0) is 28.7. The fourth-order valence-corrected chi connectivity index (χ4v) is 12.8. The van der Waals surface area contributed by atoms with Gasteiger partial charge in [-0.3, -0.25) is 9.59 Å². The molecule has 2 aliphatic carbocycles. The Morgan fingerprint density at radius 1 is 0.950 bits per heavy atom. The van der Waals surface area contributed by atoms with Crippen LogP contribution in [0.4, 0.5) is 0 Å². The Kier molecular flexibility index (Phi) is 8.06. The van der Waals surface area contributed by atoms with E-state index in [1.54, 1.807) is 0 Å². The molecule has 1 aliphatic heterocycles. The average molecular weight is 562 g/mol. The molecule has 2 aromatic carbocycles. The summed E-state index contributed by atoms with van der Waals surface area (Å²) in [6.07, 6.45) is 5.03. The highest BCUT2D eigenvalue weighted by atomic mass is 28.4. The molecule has 2 bridgehead atoms. The maximum Gasteiger partial charge on any atom is 0.308 e. The zero-order valence-electron chi connectivity index (χ0n) is 25.2. The van der Waals surface area contributed by atoms with Gasteiger partial charge >= 0.3 is 5.97 Å². The number of carbonyl (C=O) groups excluding carboxylic acids is 2. The van der Waals surface area contributed by atoms with Crippen molar-refractivity contribution in [2.45, 2.75) is 77.8 Å². The monoisotopic (exact) mass is 561 g/mol. The molecule has 0 aromatic heterocycles. The van der Waals surface area contributed by atoms with Gasteiger partial charge in [0.2, 0.25) is 5.91 Å². The minimum absolute atomic E-state index is 0.0310. The standard InChI is InChI=1S/C34H47NO4Si/c1-33(2,3)40(28-16-9-7-10-17-28,29-18-11-8-12-19-29)39-23-27-22-35(32(37)34(27,4)5)30-24-14-13-15-25(30)21-26(20-24)31(36)38-6/h7-12,16-19,24-27,30H,13-15,20-23H2,1-6H3/t24-,25+,26?,27?,30?. The summed E-state index contributed by atoms with van der Waals surface area (Å²) in [6, 6.07) is 21.7. The number of hydrogen-bond acceptors (Lipinski definition) is 4. The number of fused-ring (bicyclic) bond motifs is 2. The second-order valence-electron chi connectivity index (χ2n) is 14.0. The second kappa shape index (κ2) is 11.1. The molecule has 0 radical (unpaired) electrons. The van der Waals surface area contributed by atoms with Crippen molar-refractivity contribution in [3.8, 4) is 0 Å². The molecular formula is C34H47NO4Si. The highest BCUT2D eigenvalue weighted by molar-refractivity contribution is 6.99. The first-order valence-corrected chi connectivity index (χ1v) is 17.1. The lowest BCUT2D eigenvalue weighted by Gasteiger charge is -2.49. The largest absolute Gasteiger partial charge is 0.469 e. The Bertz CT molecular complexity index is 1140. The van der Waals surface area contributed by atoms with Crippen molar-refractivity contribution >= 4 is 30.6 Å². The van der Waals surface area contributed by atoms with E-state index in [4.69, 9.17) is 9.16 Å². The normalized spacial score (nSPS) is 28.4. The SMILES string of the molecule is COC(=O)C1C[C@H]2CCC[C@@H](C1)C2N1CC(CO[Si](c2ccccc2)(c2ccccc2)C(C)(C)C)C(C)(C)C1=O. The number of benzene rings is 2. The van der Waals surface area contributed by atoms with Crippen LogP contribution in [-0.4, -0.2) is 51.4 Å². The van der Waals surface area contributed by atoms with E-state index < -0.39 is 13.7 Å². The molecule has 1 saturated heterocycles. The first-order chi connectivity index (χ1) is 19.0. The van der Waals surface area contributed by atoms with Crippen LogP contribution in [0.5, 0.6) is 0 Å². The van der Waals surface area contributed by atoms with E-state index in [1.807, 2.05) is 0 Å². The van der Waals surface area contributed by atoms with Crippen molar-refractivity contribution in [2.24, 2.45) is 29.1 Å². The average Bonchev–Trinajstić information content (AvgIpc) is 3.16. The number of hydrogen-bond donors (Lipinski definition) is 0. The van der Waals surface area contributed by atoms with Crippen LogP contribution in [0.15, 0.2) is 60.7 Å². The third kappa shape index (κ3) is 4.96. The van der Waals surface area contributed by atoms with Crippen molar-refractivity contribution in [3.63, 3.8) is 0 Å². The van der Waals surface area contributed by atoms with Crippen LogP contribution in [0, 0.1) is 29.1 Å². The molecule has 2 saturated carbocycles. The molecular weight excluding hydrogens is 514 g/mol. The van der Waals surface area contributed by atoms with Crippen LogP contribution in [0.25, 0.3) is 0 Å². The summed E-state index contributed by atoms with van der Waals surface area (Å²) in [5.74, 6) is 0.972. The molecule has 0 spiro atoms. The number of rotatable bonds is 7. The first-order valence-electron chi connectivity index (χ1n) is 15.1. The summed E-state index contributed by atoms with van der Waals surface area (Å²) in [7, 11) is -1.20. The van der Waals surface area contributed by atoms with E-state index in [-0.39, 0.29) is 34.8 Å². The van der Waals surface area contributed by atoms with E-state index in [0.29, 0.717) is 18.4 Å². The molecule has 6 heteroatoms. The number of nitrogens with zero attached hydrogens (tertiary/aromatic N) is 1. The van der Waals surface area contributed by atoms with Gasteiger partial charge in [0, 0.05) is 25.1 Å². The molecule has 1 amide bonds. The molecule has 3 fully saturated rings. The lowest BCUT2D eigenvalue weighted by atomic mass is 9.64. The van der Waals surface area contributed by atoms with Gasteiger partial charge in [-0.25, -0.2) is 0 Å². The topological polar surface area (TPSA) is 55.8 Å². The number of carbonyl (C=O) groups is 2. The Balaban J connectivity index is 1.43. The Labute approximate surface area is 241 Å². The van der Waals surface area contributed by atoms with Gasteiger partial charge in [0.15, 0.2) is 0 Å². The zero-order valence-corrected chi connectivity index (χ0v) is 26.2. The van der Waals surface area contributed by atoms with Crippen molar-refractivity contribution < 1.29 is 18.8 Å². The van der Waals surface area contributed by atoms with Gasteiger partial charge in [0.05, 0.1) is 18.4 Å². The minimum Gasteiger partial charge on any atom is -0.469 e. The summed E-state index contributed by atoms with van der Waals surface area (Å²) < 4.78 is 12.4. The summed E-state index contributed by atoms with van der Waals surface area (Å²) in [6.45, 7) is 12.4. The van der Waals surface area contributed by atoms with Gasteiger partial charge in [0.1, 0.15) is 0 Å². The number of ether oxygens (including phenoxy) is 1. The summed E-state index contributed by atoms with van der Waals surface area (Å²) in [5.41, 5.74) is -0.501. The summed E-state index contributed by atoms with van der Waals surface area (Å²) >= 11 is 0. The Hall–Kier alpha value is -2.44. The van der Waals surface area contributed by atoms with Crippen LogP contribution >= 0.6 is 0 Å². The first kappa shape index (κ1) is 29.1. The third-order valence-corrected chi connectivity index (χ3v) is 15.4. The molecule has 5 nitrogen and oxygen atoms in total. The lowest BCUT2D eigenvalue weighted by Crippen LogP contribution is -2.67. The Morgan fingerprint density at radius 3 is 1.95 bits per heavy atom. The van der Waals surface area contributed by atoms with E-state index in [9.17, 15) is 9.59 Å². The minimum atomic E-state index is -2.69. The van der Waals surface area contributed by atoms with Crippen LogP contribution < -0.4 is 10.4 Å². The lowest BCUT2D eigenvalue weighted by molar-refractivity contribution is -0.151. The predicted octanol–water partition coefficient (Wildman–Crippen LogP) is 5.42. The van der Waals surface area contributed by atoms with Crippen molar-refractivity contribution in [2.75, 3.05) is 20.3 Å². The quantitative estimate of drug-likeness (QED) is 0.335. The fourth-order valence-electron chi connectivity index (χ4n) is 8.18. The van der Waals surface area contributed by atoms with Gasteiger partial charge in [-0.05, 0) is 52.9 Å². The van der Waals surface area contributed by atoms with E-state index >= 15 is 0 Å². The smallest absolute Gasteiger partial charge is 0.308 e. The molecule has 1 heterocycles. The van der Waals surface area contributed by atoms with Crippen LogP contribution in [0.3, 0.4) is 0 Å². The van der Waals surface area contributed by atoms with Crippen LogP contribution in [0.1, 0.15) is 66.7 Å². The molecule has 3 unspecified atom stereocenters. The van der Waals surface area contributed by atoms with Gasteiger partial charge in [-0.1, -0.05) is 102 Å². The number of esters is 1. The van der Waals surface area contributed by atoms with Crippen LogP contribution in [-0.2, 0) is 18.8 Å². The summed E-state index contributed by atoms with van der Waals surface area (Å²) in [4.78, 5) is 28.7. The fraction of sp³-hybridized carbons (Fsp3) is 0.588. The third-order valence-electron chi connectivity index (χ3n) is 10.4. The van der Waals surface area contributed by atoms with Gasteiger partial charge in [-0.15, -0.1) is 0 Å². The van der Waals surface area contributed by atoms with Crippen molar-refractivity contribution in [1.82, 2.24) is 4.90 Å². The molecule has 5 atom stereocenters. The maximum atomic E-state index is 14.1. The number of methoxy groups -OCH3 is 1. The molecule has 2 aromatic rings.